The molecule has 1 N–H and O–H groups in total. The van der Waals surface area contributed by atoms with E-state index in [1.54, 1.807) is 4.90 Å². The number of carbonyl (C=O) groups excluding carboxylic acids is 3. The van der Waals surface area contributed by atoms with E-state index in [0.29, 0.717) is 36.9 Å². The van der Waals surface area contributed by atoms with Crippen LogP contribution in [0.25, 0.3) is 0 Å². The highest BCUT2D eigenvalue weighted by molar-refractivity contribution is 6.10. The third-order valence-corrected chi connectivity index (χ3v) is 9.45. The number of likely N-dealkylation sites (tertiary alicyclic amines) is 1. The Morgan fingerprint density at radius 1 is 1.00 bits per heavy atom. The number of nitrogens with one attached hydrogen (secondary N) is 1. The largest absolute Gasteiger partial charge is 0.489 e. The third-order valence-electron chi connectivity index (χ3n) is 9.45. The third kappa shape index (κ3) is 3.48. The lowest BCUT2D eigenvalue weighted by molar-refractivity contribution is -0.160. The van der Waals surface area contributed by atoms with Crippen LogP contribution in [-0.4, -0.2) is 58.3 Å². The van der Waals surface area contributed by atoms with E-state index in [9.17, 15) is 19.6 Å². The molecule has 2 saturated carbocycles. The maximum Gasteiger partial charge on any atom is 0.255 e. The highest BCUT2D eigenvalue weighted by Gasteiger charge is 2.63. The van der Waals surface area contributed by atoms with Gasteiger partial charge in [-0.15, -0.1) is 0 Å². The summed E-state index contributed by atoms with van der Waals surface area (Å²) < 4.78 is 6.57. The number of nitrogens with zero attached hydrogens (tertiary/aromatic N) is 3. The second-order valence-corrected chi connectivity index (χ2v) is 11.5. The van der Waals surface area contributed by atoms with Gasteiger partial charge in [0.25, 0.3) is 11.8 Å². The van der Waals surface area contributed by atoms with Crippen molar-refractivity contribution in [3.05, 3.63) is 64.7 Å². The Morgan fingerprint density at radius 3 is 2.58 bits per heavy atom. The number of benzene rings is 2. The highest BCUT2D eigenvalue weighted by atomic mass is 16.5. The van der Waals surface area contributed by atoms with E-state index in [4.69, 9.17) is 4.74 Å². The number of amides is 3. The summed E-state index contributed by atoms with van der Waals surface area (Å²) in [6, 6.07) is 16.2. The first-order valence-electron chi connectivity index (χ1n) is 13.7. The summed E-state index contributed by atoms with van der Waals surface area (Å²) in [5, 5.41) is 11.9. The molecule has 2 aliphatic carbocycles. The van der Waals surface area contributed by atoms with Crippen LogP contribution >= 0.6 is 0 Å². The van der Waals surface area contributed by atoms with E-state index < -0.39 is 5.54 Å². The lowest BCUT2D eigenvalue weighted by atomic mass is 9.63. The zero-order chi connectivity index (χ0) is 26.0. The zero-order valence-corrected chi connectivity index (χ0v) is 21.2. The molecule has 3 amide bonds. The number of fused-ring (bicyclic) bond motifs is 3. The van der Waals surface area contributed by atoms with Crippen LogP contribution in [0.3, 0.4) is 0 Å². The summed E-state index contributed by atoms with van der Waals surface area (Å²) in [6.07, 6.45) is 5.29. The van der Waals surface area contributed by atoms with Gasteiger partial charge in [0.15, 0.2) is 0 Å². The highest BCUT2D eigenvalue weighted by Crippen LogP contribution is 2.49. The Hall–Kier alpha value is -3.70. The van der Waals surface area contributed by atoms with Gasteiger partial charge in [-0.05, 0) is 67.5 Å². The Bertz CT molecular complexity index is 1380. The van der Waals surface area contributed by atoms with Crippen molar-refractivity contribution in [1.29, 1.82) is 5.26 Å². The van der Waals surface area contributed by atoms with Gasteiger partial charge in [0.05, 0.1) is 11.6 Å². The number of rotatable bonds is 5. The predicted octanol–water partition coefficient (Wildman–Crippen LogP) is 3.11. The monoisotopic (exact) mass is 510 g/mol. The molecule has 5 fully saturated rings. The Balaban J connectivity index is 1.04. The molecule has 38 heavy (non-hydrogen) atoms. The van der Waals surface area contributed by atoms with E-state index in [1.807, 2.05) is 36.4 Å². The summed E-state index contributed by atoms with van der Waals surface area (Å²) in [5.41, 5.74) is 2.49. The van der Waals surface area contributed by atoms with Gasteiger partial charge in [-0.1, -0.05) is 24.6 Å². The molecule has 8 rings (SSSR count). The van der Waals surface area contributed by atoms with E-state index in [2.05, 4.69) is 22.4 Å². The van der Waals surface area contributed by atoms with Crippen molar-refractivity contribution < 1.29 is 19.1 Å². The van der Waals surface area contributed by atoms with Crippen LogP contribution in [-0.2, 0) is 16.1 Å². The van der Waals surface area contributed by atoms with Crippen molar-refractivity contribution in [2.24, 2.45) is 5.92 Å². The molecule has 2 atom stereocenters. The van der Waals surface area contributed by atoms with Crippen LogP contribution in [0.5, 0.6) is 5.75 Å². The molecule has 2 bridgehead atoms. The molecule has 2 aromatic carbocycles. The number of hydrogen-bond donors (Lipinski definition) is 1. The van der Waals surface area contributed by atoms with Crippen molar-refractivity contribution in [1.82, 2.24) is 15.1 Å². The molecule has 0 radical (unpaired) electrons. The number of ether oxygens (including phenoxy) is 1. The molecular weight excluding hydrogens is 480 g/mol. The fraction of sp³-hybridized carbons (Fsp3) is 0.467. The average molecular weight is 511 g/mol. The second-order valence-electron chi connectivity index (χ2n) is 11.5. The summed E-state index contributed by atoms with van der Waals surface area (Å²) in [5.74, 6) is 0.243. The first-order chi connectivity index (χ1) is 18.5. The number of nitriles is 1. The second kappa shape index (κ2) is 8.67. The SMILES string of the molecule is N#Cc1ccccc1C1CN(C2CCCC[C@@H]2Oc2ccc3c(c2)CN(C24CC(C2)C(=O)NC4=O)C3=O)C1. The van der Waals surface area contributed by atoms with Crippen molar-refractivity contribution >= 4 is 17.7 Å². The Labute approximate surface area is 221 Å². The molecule has 1 unspecified atom stereocenters. The van der Waals surface area contributed by atoms with Crippen LogP contribution < -0.4 is 10.1 Å². The lowest BCUT2D eigenvalue weighted by Gasteiger charge is -2.53. The minimum Gasteiger partial charge on any atom is -0.489 e. The molecule has 8 nitrogen and oxygen atoms in total. The minimum atomic E-state index is -0.900. The predicted molar refractivity (Wildman–Crippen MR) is 137 cm³/mol. The van der Waals surface area contributed by atoms with Crippen LogP contribution in [0, 0.1) is 17.2 Å². The van der Waals surface area contributed by atoms with Gasteiger partial charge >= 0.3 is 0 Å². The van der Waals surface area contributed by atoms with Gasteiger partial charge in [-0.25, -0.2) is 0 Å². The summed E-state index contributed by atoms with van der Waals surface area (Å²) in [4.78, 5) is 42.0. The molecule has 0 aromatic heterocycles. The van der Waals surface area contributed by atoms with Crippen LogP contribution in [0.4, 0.5) is 0 Å². The molecule has 3 saturated heterocycles. The average Bonchev–Trinajstić information content (AvgIpc) is 3.19. The molecule has 8 heteroatoms. The van der Waals surface area contributed by atoms with Crippen LogP contribution in [0.15, 0.2) is 42.5 Å². The number of piperidine rings is 2. The first kappa shape index (κ1) is 23.4. The Kier molecular flexibility index (Phi) is 5.34. The maximum absolute atomic E-state index is 13.2. The smallest absolute Gasteiger partial charge is 0.255 e. The number of carbonyl (C=O) groups is 3. The molecule has 2 aromatic rings. The molecule has 0 spiro atoms. The maximum atomic E-state index is 13.2. The molecule has 4 heterocycles. The van der Waals surface area contributed by atoms with Gasteiger partial charge in [-0.3, -0.25) is 24.6 Å². The van der Waals surface area contributed by atoms with Crippen LogP contribution in [0.2, 0.25) is 0 Å². The fourth-order valence-electron chi connectivity index (χ4n) is 7.26. The lowest BCUT2D eigenvalue weighted by Crippen LogP contribution is -2.73. The Morgan fingerprint density at radius 2 is 1.79 bits per heavy atom. The molecule has 4 aliphatic heterocycles. The van der Waals surface area contributed by atoms with Crippen molar-refractivity contribution in [2.75, 3.05) is 13.1 Å². The normalized spacial score (nSPS) is 30.7. The fourth-order valence-corrected chi connectivity index (χ4v) is 7.26. The first-order valence-corrected chi connectivity index (χ1v) is 13.7. The van der Waals surface area contributed by atoms with Crippen molar-refractivity contribution in [2.45, 2.75) is 68.7 Å². The topological polar surface area (TPSA) is 103 Å². The summed E-state index contributed by atoms with van der Waals surface area (Å²) in [6.45, 7) is 2.23. The van der Waals surface area contributed by atoms with Gasteiger partial charge in [0, 0.05) is 43.1 Å². The molecule has 6 aliphatic rings. The quantitative estimate of drug-likeness (QED) is 0.620. The van der Waals surface area contributed by atoms with E-state index in [1.165, 1.54) is 6.42 Å². The number of imide groups is 1. The van der Waals surface area contributed by atoms with Gasteiger partial charge < -0.3 is 9.64 Å². The minimum absolute atomic E-state index is 0.0725. The standard InChI is InChI=1S/C30H30N4O4/c31-14-18-5-1-2-6-23(18)21-15-33(16-21)25-7-3-4-8-26(25)38-22-9-10-24-19(11-22)17-34(28(24)36)30-12-20(13-30)27(35)32-29(30)37/h1-2,5-6,9-11,20-21,25-26H,3-4,7-8,12-13,15-17H2,(H,32,35,37)/t20?,25?,26-,30?/m0/s1. The van der Waals surface area contributed by atoms with E-state index >= 15 is 0 Å². The van der Waals surface area contributed by atoms with Gasteiger partial charge in [-0.2, -0.15) is 5.26 Å². The zero-order valence-electron chi connectivity index (χ0n) is 21.2. The van der Waals surface area contributed by atoms with Crippen molar-refractivity contribution in [3.8, 4) is 11.8 Å². The summed E-state index contributed by atoms with van der Waals surface area (Å²) in [7, 11) is 0. The molecule has 194 valence electrons. The van der Waals surface area contributed by atoms with E-state index in [0.717, 1.165) is 54.8 Å². The summed E-state index contributed by atoms with van der Waals surface area (Å²) >= 11 is 0. The molecular formula is C30H30N4O4. The van der Waals surface area contributed by atoms with Crippen molar-refractivity contribution in [3.63, 3.8) is 0 Å². The van der Waals surface area contributed by atoms with E-state index in [-0.39, 0.29) is 29.7 Å². The van der Waals surface area contributed by atoms with Gasteiger partial charge in [0.1, 0.15) is 17.4 Å². The van der Waals surface area contributed by atoms with Gasteiger partial charge in [0.2, 0.25) is 5.91 Å². The number of hydrogen-bond acceptors (Lipinski definition) is 6. The van der Waals surface area contributed by atoms with Crippen LogP contribution in [0.1, 0.15) is 71.5 Å².